The number of rotatable bonds is 6. The van der Waals surface area contributed by atoms with Crippen LogP contribution in [0.5, 0.6) is 0 Å². The van der Waals surface area contributed by atoms with E-state index >= 15 is 0 Å². The average Bonchev–Trinajstić information content (AvgIpc) is 3.13. The minimum Gasteiger partial charge on any atom is -0.455 e. The lowest BCUT2D eigenvalue weighted by molar-refractivity contribution is -0.163. The summed E-state index contributed by atoms with van der Waals surface area (Å²) in [5, 5.41) is 2.94. The number of ether oxygens (including phenoxy) is 2. The number of thiophene rings is 1. The Kier molecular flexibility index (Phi) is 7.82. The third kappa shape index (κ3) is 6.59. The number of amides is 3. The molecule has 3 amide bonds. The number of halogens is 3. The zero-order chi connectivity index (χ0) is 24.2. The molecule has 1 saturated heterocycles. The molecule has 1 aliphatic heterocycles. The number of alkyl halides is 3. The minimum atomic E-state index is -4.61. The van der Waals surface area contributed by atoms with Gasteiger partial charge in [-0.2, -0.15) is 13.2 Å². The van der Waals surface area contributed by atoms with Crippen molar-refractivity contribution in [3.63, 3.8) is 0 Å². The molecule has 2 aliphatic rings. The highest BCUT2D eigenvalue weighted by Crippen LogP contribution is 2.37. The van der Waals surface area contributed by atoms with Crippen LogP contribution >= 0.6 is 11.3 Å². The van der Waals surface area contributed by atoms with Gasteiger partial charge < -0.3 is 25.4 Å². The van der Waals surface area contributed by atoms with E-state index < -0.39 is 49.2 Å². The van der Waals surface area contributed by atoms with E-state index in [4.69, 9.17) is 10.5 Å². The fraction of sp³-hybridized carbons (Fsp3) is 0.600. The maximum atomic E-state index is 12.3. The molecule has 1 aromatic heterocycles. The van der Waals surface area contributed by atoms with E-state index in [-0.39, 0.29) is 25.9 Å². The highest BCUT2D eigenvalue weighted by atomic mass is 32.1. The zero-order valence-corrected chi connectivity index (χ0v) is 18.5. The van der Waals surface area contributed by atoms with Gasteiger partial charge in [0.05, 0.1) is 11.5 Å². The molecule has 0 saturated carbocycles. The molecule has 13 heteroatoms. The highest BCUT2D eigenvalue weighted by Gasteiger charge is 2.33. The van der Waals surface area contributed by atoms with Crippen molar-refractivity contribution in [3.8, 4) is 0 Å². The van der Waals surface area contributed by atoms with Gasteiger partial charge in [0.15, 0.2) is 13.2 Å². The number of carbonyl (C=O) groups excluding carboxylic acids is 4. The van der Waals surface area contributed by atoms with Gasteiger partial charge in [-0.3, -0.25) is 14.4 Å². The predicted molar refractivity (Wildman–Crippen MR) is 111 cm³/mol. The molecule has 3 rings (SSSR count). The number of nitrogens with zero attached hydrogens (tertiary/aromatic N) is 1. The van der Waals surface area contributed by atoms with Crippen LogP contribution in [0.4, 0.5) is 23.0 Å². The number of nitrogens with one attached hydrogen (secondary N) is 1. The second-order valence-corrected chi connectivity index (χ2v) is 8.97. The van der Waals surface area contributed by atoms with Crippen LogP contribution in [0.1, 0.15) is 46.5 Å². The Morgan fingerprint density at radius 3 is 2.39 bits per heavy atom. The number of aryl methyl sites for hydroxylation is 1. The van der Waals surface area contributed by atoms with Gasteiger partial charge in [0.1, 0.15) is 5.00 Å². The van der Waals surface area contributed by atoms with Gasteiger partial charge >= 0.3 is 18.2 Å². The van der Waals surface area contributed by atoms with Crippen molar-refractivity contribution in [3.05, 3.63) is 16.0 Å². The highest BCUT2D eigenvalue weighted by molar-refractivity contribution is 7.17. The van der Waals surface area contributed by atoms with Gasteiger partial charge in [-0.1, -0.05) is 0 Å². The third-order valence-electron chi connectivity index (χ3n) is 5.46. The van der Waals surface area contributed by atoms with Crippen molar-refractivity contribution in [2.45, 2.75) is 44.7 Å². The maximum absolute atomic E-state index is 12.3. The van der Waals surface area contributed by atoms with E-state index in [0.717, 1.165) is 41.0 Å². The largest absolute Gasteiger partial charge is 0.455 e. The number of hydrogen-bond donors (Lipinski definition) is 2. The number of primary amides is 1. The summed E-state index contributed by atoms with van der Waals surface area (Å²) in [6.07, 6.45) is -1.90. The molecule has 0 aromatic carbocycles. The number of esters is 1. The van der Waals surface area contributed by atoms with Crippen molar-refractivity contribution in [1.29, 1.82) is 0 Å². The minimum absolute atomic E-state index is 0.0331. The van der Waals surface area contributed by atoms with Crippen LogP contribution in [0.3, 0.4) is 0 Å². The molecule has 0 unspecified atom stereocenters. The molecule has 1 aromatic rings. The molecule has 0 atom stereocenters. The Balaban J connectivity index is 1.45. The predicted octanol–water partition coefficient (Wildman–Crippen LogP) is 2.62. The van der Waals surface area contributed by atoms with E-state index in [2.05, 4.69) is 10.1 Å². The van der Waals surface area contributed by atoms with Crippen LogP contribution in [-0.4, -0.2) is 61.3 Å². The SMILES string of the molecule is NC(=O)c1c(NC(=O)COC(=O)C2CCN(C(=O)OCC(F)(F)F)CC2)sc2c1CCCC2. The first-order valence-electron chi connectivity index (χ1n) is 10.4. The third-order valence-corrected chi connectivity index (χ3v) is 6.67. The van der Waals surface area contributed by atoms with Gasteiger partial charge in [-0.05, 0) is 44.1 Å². The van der Waals surface area contributed by atoms with E-state index in [9.17, 15) is 32.3 Å². The first-order chi connectivity index (χ1) is 15.5. The lowest BCUT2D eigenvalue weighted by Crippen LogP contribution is -2.42. The molecule has 3 N–H and O–H groups in total. The lowest BCUT2D eigenvalue weighted by atomic mass is 9.95. The zero-order valence-electron chi connectivity index (χ0n) is 17.7. The van der Waals surface area contributed by atoms with Crippen LogP contribution in [0.15, 0.2) is 0 Å². The Morgan fingerprint density at radius 1 is 1.09 bits per heavy atom. The number of nitrogens with two attached hydrogens (primary N) is 1. The Labute approximate surface area is 191 Å². The molecule has 182 valence electrons. The fourth-order valence-electron chi connectivity index (χ4n) is 3.86. The number of carbonyl (C=O) groups is 4. The summed E-state index contributed by atoms with van der Waals surface area (Å²) in [5.74, 6) is -2.48. The molecule has 33 heavy (non-hydrogen) atoms. The quantitative estimate of drug-likeness (QED) is 0.589. The Bertz CT molecular complexity index is 925. The molecule has 1 aliphatic carbocycles. The normalized spacial score (nSPS) is 16.6. The molecule has 1 fully saturated rings. The average molecular weight is 491 g/mol. The van der Waals surface area contributed by atoms with E-state index in [0.29, 0.717) is 10.6 Å². The Hall–Kier alpha value is -2.83. The van der Waals surface area contributed by atoms with Gasteiger partial charge in [-0.15, -0.1) is 11.3 Å². The molecule has 0 radical (unpaired) electrons. The van der Waals surface area contributed by atoms with Crippen molar-refractivity contribution >= 4 is 40.2 Å². The molecule has 2 heterocycles. The van der Waals surface area contributed by atoms with Crippen LogP contribution in [0.2, 0.25) is 0 Å². The summed E-state index contributed by atoms with van der Waals surface area (Å²) in [7, 11) is 0. The monoisotopic (exact) mass is 491 g/mol. The number of fused-ring (bicyclic) bond motifs is 1. The van der Waals surface area contributed by atoms with Crippen LogP contribution < -0.4 is 11.1 Å². The van der Waals surface area contributed by atoms with E-state index in [1.54, 1.807) is 0 Å². The number of likely N-dealkylation sites (tertiary alicyclic amines) is 1. The Morgan fingerprint density at radius 2 is 1.76 bits per heavy atom. The molecule has 9 nitrogen and oxygen atoms in total. The van der Waals surface area contributed by atoms with Gasteiger partial charge in [0.25, 0.3) is 11.8 Å². The van der Waals surface area contributed by atoms with Crippen molar-refractivity contribution in [1.82, 2.24) is 4.90 Å². The molecular formula is C20H24F3N3O6S. The van der Waals surface area contributed by atoms with Crippen LogP contribution in [-0.2, 0) is 31.9 Å². The topological polar surface area (TPSA) is 128 Å². The van der Waals surface area contributed by atoms with Crippen molar-refractivity contribution in [2.24, 2.45) is 11.7 Å². The summed E-state index contributed by atoms with van der Waals surface area (Å²) >= 11 is 1.30. The first kappa shape index (κ1) is 24.8. The smallest absolute Gasteiger partial charge is 0.422 e. The molecular weight excluding hydrogens is 467 g/mol. The number of piperidine rings is 1. The van der Waals surface area contributed by atoms with E-state index in [1.165, 1.54) is 11.3 Å². The molecule has 0 spiro atoms. The van der Waals surface area contributed by atoms with Crippen LogP contribution in [0, 0.1) is 5.92 Å². The lowest BCUT2D eigenvalue weighted by Gasteiger charge is -2.30. The van der Waals surface area contributed by atoms with Crippen molar-refractivity contribution < 1.29 is 41.8 Å². The van der Waals surface area contributed by atoms with Gasteiger partial charge in [0, 0.05) is 18.0 Å². The fourth-order valence-corrected chi connectivity index (χ4v) is 5.18. The first-order valence-corrected chi connectivity index (χ1v) is 11.3. The van der Waals surface area contributed by atoms with Gasteiger partial charge in [0.2, 0.25) is 0 Å². The second kappa shape index (κ2) is 10.4. The van der Waals surface area contributed by atoms with Crippen LogP contribution in [0.25, 0.3) is 0 Å². The molecule has 0 bridgehead atoms. The summed E-state index contributed by atoms with van der Waals surface area (Å²) in [4.78, 5) is 50.2. The van der Waals surface area contributed by atoms with Gasteiger partial charge in [-0.25, -0.2) is 4.79 Å². The summed E-state index contributed by atoms with van der Waals surface area (Å²) in [5.41, 5.74) is 6.66. The summed E-state index contributed by atoms with van der Waals surface area (Å²) < 4.78 is 45.7. The summed E-state index contributed by atoms with van der Waals surface area (Å²) in [6, 6.07) is 0. The van der Waals surface area contributed by atoms with Crippen molar-refractivity contribution in [2.75, 3.05) is 31.6 Å². The number of anilines is 1. The van der Waals surface area contributed by atoms with E-state index in [1.807, 2.05) is 0 Å². The number of hydrogen-bond acceptors (Lipinski definition) is 7. The summed E-state index contributed by atoms with van der Waals surface area (Å²) in [6.45, 7) is -2.17. The second-order valence-electron chi connectivity index (χ2n) is 7.87. The maximum Gasteiger partial charge on any atom is 0.422 e. The standard InChI is InChI=1S/C20H24F3N3O6S/c21-20(22,23)10-32-19(30)26-7-5-11(6-8-26)18(29)31-9-14(27)25-17-15(16(24)28)12-3-1-2-4-13(12)33-17/h11H,1-10H2,(H2,24,28)(H,25,27).